The quantitative estimate of drug-likeness (QED) is 0.0289. The van der Waals surface area contributed by atoms with E-state index in [1.54, 1.807) is 62.6 Å². The Balaban J connectivity index is 0.000000199. The first-order valence-corrected chi connectivity index (χ1v) is 36.9. The lowest BCUT2D eigenvalue weighted by Gasteiger charge is -2.22. The summed E-state index contributed by atoms with van der Waals surface area (Å²) in [5.41, 5.74) is 4.35. The number of nitrogens with two attached hydrogens (primary N) is 1. The molecule has 115 heavy (non-hydrogen) atoms. The summed E-state index contributed by atoms with van der Waals surface area (Å²) in [6.45, 7) is 4.20. The van der Waals surface area contributed by atoms with Crippen molar-refractivity contribution in [3.8, 4) is 45.9 Å². The number of ketones is 3. The van der Waals surface area contributed by atoms with Gasteiger partial charge in [-0.3, -0.25) is 37.9 Å². The van der Waals surface area contributed by atoms with Gasteiger partial charge in [0, 0.05) is 116 Å². The van der Waals surface area contributed by atoms with Crippen LogP contribution in [0, 0.1) is 58.8 Å². The average Bonchev–Trinajstić information content (AvgIpc) is 1.52. The van der Waals surface area contributed by atoms with E-state index in [-0.39, 0.29) is 107 Å². The lowest BCUT2D eigenvalue weighted by molar-refractivity contribution is -0.122. The Hall–Kier alpha value is -9.99. The second-order valence-corrected chi connectivity index (χ2v) is 31.0. The first kappa shape index (κ1) is 84.4. The maximum absolute atomic E-state index is 15.4. The van der Waals surface area contributed by atoms with Crippen molar-refractivity contribution in [2.45, 2.75) is 145 Å². The molecule has 0 saturated heterocycles. The molecule has 4 aliphatic carbocycles. The van der Waals surface area contributed by atoms with Crippen molar-refractivity contribution in [1.29, 1.82) is 0 Å². The molecular weight excluding hydrogens is 1590 g/mol. The molecule has 0 spiro atoms. The SMILES string of the molecule is COCC(=O)Cc1nn(C)c2c(-c3ccc(C#CC(C)(C)O)nc3[C@@H](CC(=O)Cn3nc(C(F)F)c4c3C(F)(F)[C@@H]3C[C@H]43)Cc3cc(F)cc(F)c3)ccc(Cl)c12.COCC(=O)Cl.Cn1nc(N)c2c(Cl)ccc(-c3ccc(C#CC(C)(C)O)nc3[C@@H](CC(=O)Cn3nc(C(F)F)c4c3C(F)(F)[C@@H]3C[C@H]43)Cc3cc(F)cc(F)c3)c21. The predicted molar refractivity (Wildman–Crippen MR) is 401 cm³/mol. The van der Waals surface area contributed by atoms with Crippen LogP contribution in [0.5, 0.6) is 0 Å². The second kappa shape index (κ2) is 33.0. The molecule has 0 amide bonds. The number of methoxy groups -OCH3 is 2. The third-order valence-corrected chi connectivity index (χ3v) is 20.6. The number of fused-ring (bicyclic) bond motifs is 8. The lowest BCUT2D eigenvalue weighted by atomic mass is 9.86. The van der Waals surface area contributed by atoms with E-state index in [0.717, 1.165) is 24.3 Å². The monoisotopic (exact) mass is 1660 g/mol. The highest BCUT2D eigenvalue weighted by Gasteiger charge is 2.68. The molecule has 2 fully saturated rings. The van der Waals surface area contributed by atoms with Gasteiger partial charge in [-0.15, -0.1) is 0 Å². The van der Waals surface area contributed by atoms with Crippen molar-refractivity contribution in [3.05, 3.63) is 192 Å². The molecule has 0 unspecified atom stereocenters. The molecule has 34 heteroatoms. The normalized spacial score (nSPS) is 17.1. The summed E-state index contributed by atoms with van der Waals surface area (Å²) < 4.78 is 189. The van der Waals surface area contributed by atoms with E-state index in [0.29, 0.717) is 76.3 Å². The fourth-order valence-electron chi connectivity index (χ4n) is 15.3. The standard InChI is InChI=1S/C41H36ClF6N5O4.C37H31ClF6N6O2.C3H5ClO2/c1-40(2,56)10-9-24-5-6-27(28-7-8-31(42)34-32(16-26(55)19-57-4)50-52(3)37(28)34)35(49-24)21(11-20-12-22(43)15-23(44)13-20)14-25(54)18-53-38-33(36(51-53)39(45)46)29-17-30(29)41(38,47)48;1-36(2,52)9-8-21-4-5-23(24-6-7-27(38)29-32(24)49(3)48-35(29)45)30(46-21)18(10-17-11-19(39)14-20(40)12-17)13-22(51)16-50-33-28(31(47-50)34(41)42)25-15-26(25)37(33,43)44;1-6-2-3(4)5/h5-8,12-13,15,21,29-30,39,56H,11,14,16-19H2,1-4H3;4-7,11-12,14,18,25-26,34,52H,10,13,15-16H2,1-3H3,(H2,45,48);2H2,1H3/t21-,29+,30-;18-,25+,26-;/m11./s1. The van der Waals surface area contributed by atoms with Gasteiger partial charge in [0.1, 0.15) is 94.9 Å². The summed E-state index contributed by atoms with van der Waals surface area (Å²) in [4.78, 5) is 59.9. The van der Waals surface area contributed by atoms with Crippen molar-refractivity contribution < 1.29 is 91.5 Å². The predicted octanol–water partition coefficient (Wildman–Crippen LogP) is 15.8. The number of carbonyl (C=O) groups is 4. The second-order valence-electron chi connectivity index (χ2n) is 29.7. The Morgan fingerprint density at radius 3 is 1.34 bits per heavy atom. The molecule has 4 aliphatic rings. The minimum atomic E-state index is -3.46. The van der Waals surface area contributed by atoms with Crippen molar-refractivity contribution in [1.82, 2.24) is 49.1 Å². The third kappa shape index (κ3) is 18.2. The lowest BCUT2D eigenvalue weighted by Crippen LogP contribution is -2.24. The summed E-state index contributed by atoms with van der Waals surface area (Å²) in [5.74, 6) is -6.63. The number of alkyl halides is 8. The summed E-state index contributed by atoms with van der Waals surface area (Å²) in [6, 6.07) is 18.8. The van der Waals surface area contributed by atoms with Gasteiger partial charge in [-0.2, -0.15) is 38.0 Å². The minimum Gasteiger partial charge on any atom is -0.382 e. The summed E-state index contributed by atoms with van der Waals surface area (Å²) in [7, 11) is 6.11. The third-order valence-electron chi connectivity index (χ3n) is 19.8. The highest BCUT2D eigenvalue weighted by Crippen LogP contribution is 2.69. The number of anilines is 1. The van der Waals surface area contributed by atoms with E-state index >= 15 is 17.6 Å². The molecule has 604 valence electrons. The van der Waals surface area contributed by atoms with Crippen LogP contribution in [0.25, 0.3) is 44.1 Å². The maximum atomic E-state index is 15.4. The van der Waals surface area contributed by atoms with E-state index in [1.165, 1.54) is 51.3 Å². The number of halogens is 15. The van der Waals surface area contributed by atoms with E-state index in [9.17, 15) is 64.5 Å². The van der Waals surface area contributed by atoms with Gasteiger partial charge in [-0.25, -0.2) is 45.1 Å². The van der Waals surface area contributed by atoms with Gasteiger partial charge in [0.05, 0.1) is 50.0 Å². The number of hydrogen-bond acceptors (Lipinski definition) is 15. The molecule has 4 N–H and O–H groups in total. The zero-order valence-electron chi connectivity index (χ0n) is 62.5. The van der Waals surface area contributed by atoms with Crippen LogP contribution in [0.3, 0.4) is 0 Å². The van der Waals surface area contributed by atoms with Gasteiger partial charge < -0.3 is 25.4 Å². The number of ether oxygens (including phenoxy) is 2. The molecule has 10 aromatic rings. The van der Waals surface area contributed by atoms with Gasteiger partial charge in [-0.1, -0.05) is 47.2 Å². The molecule has 0 radical (unpaired) electrons. The number of nitrogens with zero attached hydrogens (tertiary/aromatic N) is 10. The first-order chi connectivity index (χ1) is 54.0. The number of benzene rings is 4. The van der Waals surface area contributed by atoms with Crippen molar-refractivity contribution in [3.63, 3.8) is 0 Å². The molecular formula is C81H72Cl3F12N11O8. The molecule has 0 aliphatic heterocycles. The zero-order chi connectivity index (χ0) is 83.6. The Labute approximate surface area is 664 Å². The van der Waals surface area contributed by atoms with Crippen molar-refractivity contribution in [2.24, 2.45) is 25.9 Å². The molecule has 6 atom stereocenters. The Kier molecular flexibility index (Phi) is 24.2. The Morgan fingerprint density at radius 1 is 0.565 bits per heavy atom. The van der Waals surface area contributed by atoms with Crippen molar-refractivity contribution >= 4 is 85.0 Å². The fraction of sp³-hybridized carbons (Fsp3) is 0.383. The highest BCUT2D eigenvalue weighted by atomic mass is 35.5. The van der Waals surface area contributed by atoms with Crippen molar-refractivity contribution in [2.75, 3.05) is 33.2 Å². The van der Waals surface area contributed by atoms with Crippen LogP contribution in [0.15, 0.2) is 84.9 Å². The largest absolute Gasteiger partial charge is 0.382 e. The average molecular weight is 1660 g/mol. The van der Waals surface area contributed by atoms with Crippen LogP contribution in [-0.4, -0.2) is 121 Å². The fourth-order valence-corrected chi connectivity index (χ4v) is 15.9. The van der Waals surface area contributed by atoms with Crippen LogP contribution >= 0.6 is 34.8 Å². The van der Waals surface area contributed by atoms with Crippen LogP contribution in [0.4, 0.5) is 58.5 Å². The van der Waals surface area contributed by atoms with Gasteiger partial charge in [-0.05, 0) is 160 Å². The summed E-state index contributed by atoms with van der Waals surface area (Å²) in [6.07, 6.45) is -7.49. The van der Waals surface area contributed by atoms with Crippen LogP contribution in [0.2, 0.25) is 10.0 Å². The number of rotatable bonds is 24. The van der Waals surface area contributed by atoms with Crippen LogP contribution in [-0.2, 0) is 86.9 Å². The smallest absolute Gasteiger partial charge is 0.293 e. The molecule has 4 aromatic carbocycles. The molecule has 19 nitrogen and oxygen atoms in total. The van der Waals surface area contributed by atoms with Gasteiger partial charge in [0.15, 0.2) is 23.2 Å². The number of aryl methyl sites for hydroxylation is 2. The number of hydrogen-bond donors (Lipinski definition) is 3. The summed E-state index contributed by atoms with van der Waals surface area (Å²) in [5, 5.41) is 38.1. The zero-order valence-corrected chi connectivity index (χ0v) is 64.8. The number of nitrogen functional groups attached to an aromatic ring is 1. The Morgan fingerprint density at radius 2 is 0.957 bits per heavy atom. The molecule has 6 heterocycles. The topological polar surface area (TPSA) is 250 Å². The van der Waals surface area contributed by atoms with E-state index < -0.39 is 160 Å². The first-order valence-electron chi connectivity index (χ1n) is 35.8. The number of aromatic nitrogens is 10. The van der Waals surface area contributed by atoms with Crippen LogP contribution < -0.4 is 5.73 Å². The number of Topliss-reactive ketones (excluding diaryl/α,β-unsaturated/α-hetero) is 3. The Bertz CT molecular complexity index is 5630. The number of carbonyl (C=O) groups excluding carboxylic acids is 4. The van der Waals surface area contributed by atoms with Crippen LogP contribution in [0.1, 0.15) is 163 Å². The van der Waals surface area contributed by atoms with Gasteiger partial charge in [0.2, 0.25) is 5.24 Å². The van der Waals surface area contributed by atoms with Gasteiger partial charge >= 0.3 is 0 Å². The molecule has 0 bridgehead atoms. The number of aliphatic hydroxyl groups is 2. The molecule has 2 saturated carbocycles. The minimum absolute atomic E-state index is 0.00154. The van der Waals surface area contributed by atoms with E-state index in [2.05, 4.69) is 48.8 Å². The summed E-state index contributed by atoms with van der Waals surface area (Å²) >= 11 is 18.0. The maximum Gasteiger partial charge on any atom is 0.293 e. The highest BCUT2D eigenvalue weighted by molar-refractivity contribution is 6.63. The van der Waals surface area contributed by atoms with E-state index in [4.69, 9.17) is 55.2 Å². The number of pyridine rings is 2. The molecule has 14 rings (SSSR count). The van der Waals surface area contributed by atoms with Gasteiger partial charge in [0.25, 0.3) is 24.7 Å². The van der Waals surface area contributed by atoms with E-state index in [1.807, 2.05) is 0 Å². The molecule has 6 aromatic heterocycles.